The Balaban J connectivity index is 1.67. The van der Waals surface area contributed by atoms with Gasteiger partial charge in [-0.3, -0.25) is 4.90 Å². The van der Waals surface area contributed by atoms with E-state index in [9.17, 15) is 0 Å². The minimum absolute atomic E-state index is 0.281. The molecule has 1 aliphatic heterocycles. The molecule has 1 saturated heterocycles. The van der Waals surface area contributed by atoms with Crippen molar-refractivity contribution in [1.82, 2.24) is 20.0 Å². The fourth-order valence-corrected chi connectivity index (χ4v) is 2.37. The topological polar surface area (TPSA) is 90.3 Å². The Morgan fingerprint density at radius 3 is 2.86 bits per heavy atom. The molecule has 0 aliphatic carbocycles. The first kappa shape index (κ1) is 14.6. The third-order valence-electron chi connectivity index (χ3n) is 3.28. The van der Waals surface area contributed by atoms with E-state index in [1.165, 1.54) is 0 Å². The molecule has 0 aromatic carbocycles. The van der Waals surface area contributed by atoms with Crippen molar-refractivity contribution in [3.63, 3.8) is 0 Å². The lowest BCUT2D eigenvalue weighted by Gasteiger charge is -2.27. The molecule has 2 aromatic heterocycles. The number of morpholine rings is 1. The predicted octanol–water partition coefficient (Wildman–Crippen LogP) is 1.23. The molecule has 0 radical (unpaired) electrons. The lowest BCUT2D eigenvalue weighted by atomic mass is 10.2. The number of rotatable bonds is 4. The van der Waals surface area contributed by atoms with Crippen LogP contribution in [0.1, 0.15) is 11.9 Å². The lowest BCUT2D eigenvalue weighted by molar-refractivity contribution is 0.0348. The maximum atomic E-state index is 6.15. The standard InChI is InChI=1S/C13H16BrN5O2/c14-9-1-2-11(16-7-9)13-17-12(18-21-13)10(15)8-19-3-5-20-6-4-19/h1-2,7,10H,3-6,8,15H2. The summed E-state index contributed by atoms with van der Waals surface area (Å²) in [5.74, 6) is 0.885. The summed E-state index contributed by atoms with van der Waals surface area (Å²) in [4.78, 5) is 10.8. The third-order valence-corrected chi connectivity index (χ3v) is 3.75. The van der Waals surface area contributed by atoms with Crippen LogP contribution in [0.25, 0.3) is 11.6 Å². The minimum atomic E-state index is -0.281. The van der Waals surface area contributed by atoms with E-state index in [-0.39, 0.29) is 6.04 Å². The highest BCUT2D eigenvalue weighted by atomic mass is 79.9. The molecular weight excluding hydrogens is 338 g/mol. The lowest BCUT2D eigenvalue weighted by Crippen LogP contribution is -2.40. The second-order valence-corrected chi connectivity index (χ2v) is 5.75. The number of ether oxygens (including phenoxy) is 1. The molecule has 0 amide bonds. The predicted molar refractivity (Wildman–Crippen MR) is 79.4 cm³/mol. The Labute approximate surface area is 130 Å². The second kappa shape index (κ2) is 6.61. The van der Waals surface area contributed by atoms with Gasteiger partial charge in [-0.2, -0.15) is 4.98 Å². The Hall–Kier alpha value is -1.35. The quantitative estimate of drug-likeness (QED) is 0.883. The monoisotopic (exact) mass is 353 g/mol. The van der Waals surface area contributed by atoms with Gasteiger partial charge in [-0.15, -0.1) is 0 Å². The fourth-order valence-electron chi connectivity index (χ4n) is 2.14. The Morgan fingerprint density at radius 1 is 1.33 bits per heavy atom. The maximum absolute atomic E-state index is 6.15. The summed E-state index contributed by atoms with van der Waals surface area (Å²) in [6, 6.07) is 3.41. The number of pyridine rings is 1. The summed E-state index contributed by atoms with van der Waals surface area (Å²) >= 11 is 3.34. The molecule has 1 unspecified atom stereocenters. The van der Waals surface area contributed by atoms with Crippen LogP contribution in [0.3, 0.4) is 0 Å². The van der Waals surface area contributed by atoms with Crippen molar-refractivity contribution in [2.24, 2.45) is 5.73 Å². The number of halogens is 1. The van der Waals surface area contributed by atoms with Crippen LogP contribution >= 0.6 is 15.9 Å². The van der Waals surface area contributed by atoms with Crippen LogP contribution in [0, 0.1) is 0 Å². The molecule has 1 aliphatic rings. The molecule has 112 valence electrons. The maximum Gasteiger partial charge on any atom is 0.276 e. The van der Waals surface area contributed by atoms with Crippen molar-refractivity contribution in [2.75, 3.05) is 32.8 Å². The highest BCUT2D eigenvalue weighted by molar-refractivity contribution is 9.10. The molecule has 3 heterocycles. The van der Waals surface area contributed by atoms with Crippen molar-refractivity contribution in [2.45, 2.75) is 6.04 Å². The molecule has 1 atom stereocenters. The third kappa shape index (κ3) is 3.65. The molecule has 2 N–H and O–H groups in total. The highest BCUT2D eigenvalue weighted by Crippen LogP contribution is 2.19. The molecule has 3 rings (SSSR count). The molecule has 7 nitrogen and oxygen atoms in total. The average Bonchev–Trinajstić information content (AvgIpc) is 2.99. The Bertz CT molecular complexity index is 583. The zero-order valence-corrected chi connectivity index (χ0v) is 13.0. The van der Waals surface area contributed by atoms with E-state index in [2.05, 4.69) is 36.0 Å². The summed E-state index contributed by atoms with van der Waals surface area (Å²) < 4.78 is 11.5. The van der Waals surface area contributed by atoms with Crippen molar-refractivity contribution >= 4 is 15.9 Å². The number of hydrogen-bond donors (Lipinski definition) is 1. The molecule has 0 bridgehead atoms. The Morgan fingerprint density at radius 2 is 2.14 bits per heavy atom. The average molecular weight is 354 g/mol. The normalized spacial score (nSPS) is 17.8. The smallest absolute Gasteiger partial charge is 0.276 e. The fraction of sp³-hybridized carbons (Fsp3) is 0.462. The van der Waals surface area contributed by atoms with Crippen LogP contribution < -0.4 is 5.73 Å². The molecule has 8 heteroatoms. The van der Waals surface area contributed by atoms with Crippen LogP contribution in [-0.4, -0.2) is 52.9 Å². The summed E-state index contributed by atoms with van der Waals surface area (Å²) in [7, 11) is 0. The van der Waals surface area contributed by atoms with Gasteiger partial charge in [0.05, 0.1) is 19.3 Å². The van der Waals surface area contributed by atoms with E-state index in [0.29, 0.717) is 24.0 Å². The van der Waals surface area contributed by atoms with Crippen molar-refractivity contribution < 1.29 is 9.26 Å². The number of hydrogen-bond acceptors (Lipinski definition) is 7. The minimum Gasteiger partial charge on any atom is -0.379 e. The molecule has 2 aromatic rings. The summed E-state index contributed by atoms with van der Waals surface area (Å²) in [6.45, 7) is 3.94. The summed E-state index contributed by atoms with van der Waals surface area (Å²) in [5, 5.41) is 3.96. The molecular formula is C13H16BrN5O2. The highest BCUT2D eigenvalue weighted by Gasteiger charge is 2.20. The summed E-state index contributed by atoms with van der Waals surface area (Å²) in [5.41, 5.74) is 6.78. The van der Waals surface area contributed by atoms with Crippen LogP contribution in [0.2, 0.25) is 0 Å². The molecule has 21 heavy (non-hydrogen) atoms. The number of nitrogens with zero attached hydrogens (tertiary/aromatic N) is 4. The number of nitrogens with two attached hydrogens (primary N) is 1. The van der Waals surface area contributed by atoms with Gasteiger partial charge < -0.3 is 15.0 Å². The van der Waals surface area contributed by atoms with Gasteiger partial charge in [0.15, 0.2) is 5.82 Å². The van der Waals surface area contributed by atoms with Gasteiger partial charge in [-0.1, -0.05) is 5.16 Å². The van der Waals surface area contributed by atoms with Crippen molar-refractivity contribution in [3.8, 4) is 11.6 Å². The van der Waals surface area contributed by atoms with Gasteiger partial charge in [0.1, 0.15) is 5.69 Å². The van der Waals surface area contributed by atoms with E-state index >= 15 is 0 Å². The first-order chi connectivity index (χ1) is 10.2. The molecule has 0 saturated carbocycles. The Kier molecular flexibility index (Phi) is 4.59. The first-order valence-corrected chi connectivity index (χ1v) is 7.53. The van der Waals surface area contributed by atoms with Gasteiger partial charge in [-0.05, 0) is 28.1 Å². The number of aromatic nitrogens is 3. The zero-order chi connectivity index (χ0) is 14.7. The van der Waals surface area contributed by atoms with Gasteiger partial charge in [0.2, 0.25) is 0 Å². The van der Waals surface area contributed by atoms with Gasteiger partial charge in [-0.25, -0.2) is 4.98 Å². The van der Waals surface area contributed by atoms with Crippen LogP contribution in [0.4, 0.5) is 0 Å². The van der Waals surface area contributed by atoms with E-state index in [1.54, 1.807) is 6.20 Å². The molecule has 1 fully saturated rings. The zero-order valence-electron chi connectivity index (χ0n) is 11.4. The largest absolute Gasteiger partial charge is 0.379 e. The van der Waals surface area contributed by atoms with Crippen LogP contribution in [0.15, 0.2) is 27.3 Å². The van der Waals surface area contributed by atoms with Crippen LogP contribution in [-0.2, 0) is 4.74 Å². The second-order valence-electron chi connectivity index (χ2n) is 4.84. The van der Waals surface area contributed by atoms with E-state index < -0.39 is 0 Å². The van der Waals surface area contributed by atoms with Crippen molar-refractivity contribution in [1.29, 1.82) is 0 Å². The van der Waals surface area contributed by atoms with E-state index in [0.717, 1.165) is 30.8 Å². The van der Waals surface area contributed by atoms with Crippen molar-refractivity contribution in [3.05, 3.63) is 28.6 Å². The van der Waals surface area contributed by atoms with Gasteiger partial charge in [0.25, 0.3) is 5.89 Å². The first-order valence-electron chi connectivity index (χ1n) is 6.73. The van der Waals surface area contributed by atoms with Crippen LogP contribution in [0.5, 0.6) is 0 Å². The van der Waals surface area contributed by atoms with E-state index in [4.69, 9.17) is 15.0 Å². The molecule has 0 spiro atoms. The SMILES string of the molecule is NC(CN1CCOCC1)c1noc(-c2ccc(Br)cn2)n1. The summed E-state index contributed by atoms with van der Waals surface area (Å²) in [6.07, 6.45) is 1.69. The van der Waals surface area contributed by atoms with Gasteiger partial charge in [0, 0.05) is 30.3 Å². The van der Waals surface area contributed by atoms with E-state index in [1.807, 2.05) is 12.1 Å². The van der Waals surface area contributed by atoms with Gasteiger partial charge >= 0.3 is 0 Å².